The van der Waals surface area contributed by atoms with Crippen molar-refractivity contribution in [1.82, 2.24) is 0 Å². The monoisotopic (exact) mass is 394 g/mol. The van der Waals surface area contributed by atoms with Gasteiger partial charge in [-0.1, -0.05) is 0 Å². The lowest BCUT2D eigenvalue weighted by Gasteiger charge is -2.18. The molecule has 1 unspecified atom stereocenters. The molecule has 0 amide bonds. The van der Waals surface area contributed by atoms with Crippen molar-refractivity contribution in [3.8, 4) is 5.75 Å². The fourth-order valence-corrected chi connectivity index (χ4v) is 2.65. The van der Waals surface area contributed by atoms with Crippen LogP contribution in [0.5, 0.6) is 5.75 Å². The first-order valence-electron chi connectivity index (χ1n) is 7.82. The molecule has 1 atom stereocenters. The number of esters is 1. The van der Waals surface area contributed by atoms with Crippen LogP contribution in [0, 0.1) is 11.2 Å². The van der Waals surface area contributed by atoms with Gasteiger partial charge in [0.1, 0.15) is 5.76 Å². The zero-order valence-electron chi connectivity index (χ0n) is 14.4. The first-order valence-corrected chi connectivity index (χ1v) is 8.90. The van der Waals surface area contributed by atoms with Crippen LogP contribution in [0.3, 0.4) is 0 Å². The Balaban J connectivity index is 2.37. The Morgan fingerprint density at radius 2 is 1.85 bits per heavy atom. The highest BCUT2D eigenvalue weighted by Gasteiger charge is 2.41. The van der Waals surface area contributed by atoms with Crippen LogP contribution in [-0.2, 0) is 26.5 Å². The molecule has 1 aromatic rings. The van der Waals surface area contributed by atoms with Gasteiger partial charge in [0.05, 0.1) is 5.41 Å². The normalized spacial score (nSPS) is 16.2. The Bertz CT molecular complexity index is 763. The molecule has 0 aromatic heterocycles. The number of benzene rings is 1. The van der Waals surface area contributed by atoms with Crippen LogP contribution < -0.4 is 4.74 Å². The van der Waals surface area contributed by atoms with Crippen molar-refractivity contribution in [2.24, 2.45) is 5.41 Å². The summed E-state index contributed by atoms with van der Waals surface area (Å²) in [7, 11) is 0. The summed E-state index contributed by atoms with van der Waals surface area (Å²) in [6, 6.07) is 2.45. The number of alkyl halides is 3. The molecule has 1 aliphatic carbocycles. The number of fused-ring (bicyclic) bond motifs is 1. The van der Waals surface area contributed by atoms with Gasteiger partial charge in [-0.05, 0) is 58.2 Å². The highest BCUT2D eigenvalue weighted by Crippen LogP contribution is 2.35. The van der Waals surface area contributed by atoms with Gasteiger partial charge in [0, 0.05) is 11.1 Å². The standard InChI is InChI=1S/C17H18F4O4S/c1-16(2,3)15(22)24-13-9-8-10-11(14(13)18)6-4-5-7-12(10)25-26(23)17(19,20)21/h7-9H,4-6H2,1-3H3. The minimum absolute atomic E-state index is 0.0622. The number of ether oxygens (including phenoxy) is 1. The van der Waals surface area contributed by atoms with Crippen LogP contribution in [0.15, 0.2) is 18.2 Å². The van der Waals surface area contributed by atoms with Gasteiger partial charge in [-0.25, -0.2) is 8.60 Å². The van der Waals surface area contributed by atoms with Crippen molar-refractivity contribution in [2.75, 3.05) is 0 Å². The third kappa shape index (κ3) is 4.63. The molecule has 9 heteroatoms. The molecule has 0 bridgehead atoms. The highest BCUT2D eigenvalue weighted by atomic mass is 32.2. The molecule has 26 heavy (non-hydrogen) atoms. The van der Waals surface area contributed by atoms with Gasteiger partial charge in [-0.2, -0.15) is 13.2 Å². The minimum atomic E-state index is -5.05. The summed E-state index contributed by atoms with van der Waals surface area (Å²) in [5.74, 6) is -2.09. The third-order valence-corrected chi connectivity index (χ3v) is 4.31. The van der Waals surface area contributed by atoms with Crippen molar-refractivity contribution >= 4 is 22.8 Å². The van der Waals surface area contributed by atoms with Crippen LogP contribution >= 0.6 is 0 Å². The zero-order chi connectivity index (χ0) is 19.7. The molecule has 144 valence electrons. The molecule has 1 aliphatic rings. The Hall–Kier alpha value is -1.90. The second-order valence-corrected chi connectivity index (χ2v) is 7.87. The fourth-order valence-electron chi connectivity index (χ4n) is 2.24. The minimum Gasteiger partial charge on any atom is -0.423 e. The maximum atomic E-state index is 14.8. The van der Waals surface area contributed by atoms with E-state index in [2.05, 4.69) is 4.18 Å². The van der Waals surface area contributed by atoms with Gasteiger partial charge < -0.3 is 8.92 Å². The number of halogens is 4. The van der Waals surface area contributed by atoms with Crippen LogP contribution in [0.25, 0.3) is 5.76 Å². The molecule has 0 fully saturated rings. The van der Waals surface area contributed by atoms with E-state index in [1.54, 1.807) is 20.8 Å². The Kier molecular flexibility index (Phi) is 5.79. The number of allylic oxidation sites excluding steroid dienone is 1. The first-order chi connectivity index (χ1) is 11.9. The Labute approximate surface area is 150 Å². The van der Waals surface area contributed by atoms with Crippen LogP contribution in [0.1, 0.15) is 44.7 Å². The van der Waals surface area contributed by atoms with Gasteiger partial charge in [0.15, 0.2) is 11.6 Å². The van der Waals surface area contributed by atoms with Crippen LogP contribution in [0.2, 0.25) is 0 Å². The molecule has 0 radical (unpaired) electrons. The molecule has 2 rings (SSSR count). The lowest BCUT2D eigenvalue weighted by atomic mass is 9.97. The van der Waals surface area contributed by atoms with Crippen LogP contribution in [-0.4, -0.2) is 15.7 Å². The van der Waals surface area contributed by atoms with E-state index in [-0.39, 0.29) is 29.1 Å². The number of hydrogen-bond donors (Lipinski definition) is 0. The predicted molar refractivity (Wildman–Crippen MR) is 87.7 cm³/mol. The summed E-state index contributed by atoms with van der Waals surface area (Å²) in [6.07, 6.45) is 2.33. The van der Waals surface area contributed by atoms with Crippen molar-refractivity contribution in [1.29, 1.82) is 0 Å². The number of carbonyl (C=O) groups is 1. The van der Waals surface area contributed by atoms with Crippen molar-refractivity contribution < 1.29 is 35.5 Å². The zero-order valence-corrected chi connectivity index (χ0v) is 15.2. The third-order valence-electron chi connectivity index (χ3n) is 3.60. The van der Waals surface area contributed by atoms with E-state index in [9.17, 15) is 26.6 Å². The number of carbonyl (C=O) groups excluding carboxylic acids is 1. The SMILES string of the molecule is CC(C)(C)C(=O)Oc1ccc2c(c1F)CCCC=C2OS(=O)C(F)(F)F. The van der Waals surface area contributed by atoms with Gasteiger partial charge >= 0.3 is 22.6 Å². The van der Waals surface area contributed by atoms with Gasteiger partial charge in [-0.3, -0.25) is 4.79 Å². The topological polar surface area (TPSA) is 52.6 Å². The molecular formula is C17H18F4O4S. The van der Waals surface area contributed by atoms with E-state index in [1.807, 2.05) is 0 Å². The van der Waals surface area contributed by atoms with E-state index in [1.165, 1.54) is 12.1 Å². The second kappa shape index (κ2) is 7.38. The summed E-state index contributed by atoms with van der Waals surface area (Å²) in [6.45, 7) is 4.83. The molecule has 0 spiro atoms. The smallest absolute Gasteiger partial charge is 0.423 e. The van der Waals surface area contributed by atoms with Crippen molar-refractivity contribution in [3.63, 3.8) is 0 Å². The summed E-state index contributed by atoms with van der Waals surface area (Å²) in [5, 5.41) is 0. The molecule has 0 saturated carbocycles. The molecule has 0 N–H and O–H groups in total. The lowest BCUT2D eigenvalue weighted by Crippen LogP contribution is -2.26. The molecule has 0 aliphatic heterocycles. The van der Waals surface area contributed by atoms with E-state index in [0.717, 1.165) is 6.07 Å². The van der Waals surface area contributed by atoms with E-state index in [4.69, 9.17) is 4.74 Å². The van der Waals surface area contributed by atoms with Gasteiger partial charge in [0.2, 0.25) is 0 Å². The highest BCUT2D eigenvalue weighted by molar-refractivity contribution is 7.81. The van der Waals surface area contributed by atoms with Gasteiger partial charge in [0.25, 0.3) is 0 Å². The average Bonchev–Trinajstić information content (AvgIpc) is 2.71. The number of hydrogen-bond acceptors (Lipinski definition) is 4. The first kappa shape index (κ1) is 20.4. The lowest BCUT2D eigenvalue weighted by molar-refractivity contribution is -0.143. The molecule has 0 saturated heterocycles. The average molecular weight is 394 g/mol. The predicted octanol–water partition coefficient (Wildman–Crippen LogP) is 4.65. The largest absolute Gasteiger partial charge is 0.508 e. The van der Waals surface area contributed by atoms with Crippen molar-refractivity contribution in [2.45, 2.75) is 45.5 Å². The molecular weight excluding hydrogens is 376 g/mol. The summed E-state index contributed by atoms with van der Waals surface area (Å²) in [5.41, 5.74) is -5.77. The second-order valence-electron chi connectivity index (χ2n) is 6.77. The van der Waals surface area contributed by atoms with Gasteiger partial charge in [-0.15, -0.1) is 0 Å². The molecule has 4 nitrogen and oxygen atoms in total. The maximum Gasteiger partial charge on any atom is 0.508 e. The van der Waals surface area contributed by atoms with Crippen LogP contribution in [0.4, 0.5) is 17.6 Å². The Morgan fingerprint density at radius 3 is 2.42 bits per heavy atom. The Morgan fingerprint density at radius 1 is 1.19 bits per heavy atom. The molecule has 1 aromatic carbocycles. The summed E-state index contributed by atoms with van der Waals surface area (Å²) < 4.78 is 73.1. The quantitative estimate of drug-likeness (QED) is 0.425. The maximum absolute atomic E-state index is 14.8. The van der Waals surface area contributed by atoms with E-state index in [0.29, 0.717) is 12.8 Å². The van der Waals surface area contributed by atoms with E-state index >= 15 is 0 Å². The molecule has 0 heterocycles. The van der Waals surface area contributed by atoms with Crippen molar-refractivity contribution in [3.05, 3.63) is 35.2 Å². The fraction of sp³-hybridized carbons (Fsp3) is 0.471. The number of rotatable bonds is 3. The summed E-state index contributed by atoms with van der Waals surface area (Å²) in [4.78, 5) is 12.0. The summed E-state index contributed by atoms with van der Waals surface area (Å²) >= 11 is -3.56. The van der Waals surface area contributed by atoms with E-state index < -0.39 is 33.8 Å².